The molecule has 1 aromatic carbocycles. The van der Waals surface area contributed by atoms with Crippen molar-refractivity contribution >= 4 is 0 Å². The zero-order valence-corrected chi connectivity index (χ0v) is 9.66. The molecule has 2 rings (SSSR count). The van der Waals surface area contributed by atoms with Gasteiger partial charge in [0.2, 0.25) is 5.75 Å². The van der Waals surface area contributed by atoms with Crippen molar-refractivity contribution in [2.75, 3.05) is 20.3 Å². The lowest BCUT2D eigenvalue weighted by molar-refractivity contribution is 0.165. The number of methoxy groups -OCH3 is 1. The third-order valence-electron chi connectivity index (χ3n) is 2.45. The van der Waals surface area contributed by atoms with Gasteiger partial charge in [-0.05, 0) is 31.0 Å². The number of benzene rings is 1. The van der Waals surface area contributed by atoms with E-state index in [1.807, 2.05) is 19.1 Å². The monoisotopic (exact) mass is 223 g/mol. The van der Waals surface area contributed by atoms with Gasteiger partial charge in [0.05, 0.1) is 7.11 Å². The molecule has 2 N–H and O–H groups in total. The molecule has 0 amide bonds. The maximum Gasteiger partial charge on any atom is 0.203 e. The Hall–Kier alpha value is -1.42. The molecule has 0 saturated carbocycles. The summed E-state index contributed by atoms with van der Waals surface area (Å²) in [5.74, 6) is 2.16. The lowest BCUT2D eigenvalue weighted by atomic mass is 10.1. The topological polar surface area (TPSA) is 53.7 Å². The van der Waals surface area contributed by atoms with Crippen LogP contribution < -0.4 is 19.9 Å². The minimum Gasteiger partial charge on any atom is -0.493 e. The Morgan fingerprint density at radius 3 is 2.81 bits per heavy atom. The molecule has 88 valence electrons. The van der Waals surface area contributed by atoms with Crippen LogP contribution in [0.3, 0.4) is 0 Å². The van der Waals surface area contributed by atoms with Gasteiger partial charge in [-0.3, -0.25) is 0 Å². The number of fused-ring (bicyclic) bond motifs is 1. The third-order valence-corrected chi connectivity index (χ3v) is 2.45. The third kappa shape index (κ3) is 2.22. The van der Waals surface area contributed by atoms with E-state index in [-0.39, 0.29) is 6.04 Å². The van der Waals surface area contributed by atoms with E-state index in [1.165, 1.54) is 0 Å². The number of rotatable bonds is 3. The molecule has 0 aliphatic carbocycles. The Morgan fingerprint density at radius 1 is 1.38 bits per heavy atom. The van der Waals surface area contributed by atoms with Crippen LogP contribution in [0.15, 0.2) is 12.1 Å². The quantitative estimate of drug-likeness (QED) is 0.840. The Kier molecular flexibility index (Phi) is 3.19. The van der Waals surface area contributed by atoms with Crippen LogP contribution in [0.4, 0.5) is 0 Å². The zero-order valence-electron chi connectivity index (χ0n) is 9.66. The van der Waals surface area contributed by atoms with Gasteiger partial charge in [0, 0.05) is 6.04 Å². The van der Waals surface area contributed by atoms with Gasteiger partial charge in [0.15, 0.2) is 11.5 Å². The molecule has 4 heteroatoms. The standard InChI is InChI=1S/C12H17NO3/c1-8(13)5-9-6-10(14-2)12-11(7-9)15-3-4-16-12/h6-8H,3-5,13H2,1-2H3/t8-/m0/s1. The Labute approximate surface area is 95.3 Å². The van der Waals surface area contributed by atoms with E-state index in [0.29, 0.717) is 24.7 Å². The van der Waals surface area contributed by atoms with Gasteiger partial charge >= 0.3 is 0 Å². The molecular weight excluding hydrogens is 206 g/mol. The van der Waals surface area contributed by atoms with Crippen molar-refractivity contribution in [3.8, 4) is 17.2 Å². The highest BCUT2D eigenvalue weighted by atomic mass is 16.6. The molecule has 0 spiro atoms. The van der Waals surface area contributed by atoms with Gasteiger partial charge in [-0.25, -0.2) is 0 Å². The van der Waals surface area contributed by atoms with Gasteiger partial charge < -0.3 is 19.9 Å². The molecule has 1 aliphatic rings. The molecule has 16 heavy (non-hydrogen) atoms. The summed E-state index contributed by atoms with van der Waals surface area (Å²) in [6.45, 7) is 3.12. The van der Waals surface area contributed by atoms with Gasteiger partial charge in [0.25, 0.3) is 0 Å². The van der Waals surface area contributed by atoms with Gasteiger partial charge in [-0.1, -0.05) is 0 Å². The minimum absolute atomic E-state index is 0.118. The van der Waals surface area contributed by atoms with E-state index in [0.717, 1.165) is 17.7 Å². The Bertz CT molecular complexity index is 360. The van der Waals surface area contributed by atoms with Crippen LogP contribution in [0, 0.1) is 0 Å². The van der Waals surface area contributed by atoms with Crippen LogP contribution in [0.5, 0.6) is 17.2 Å². The van der Waals surface area contributed by atoms with Gasteiger partial charge in [0.1, 0.15) is 13.2 Å². The maximum atomic E-state index is 5.78. The van der Waals surface area contributed by atoms with Crippen molar-refractivity contribution in [3.63, 3.8) is 0 Å². The Morgan fingerprint density at radius 2 is 2.12 bits per heavy atom. The van der Waals surface area contributed by atoms with E-state index in [9.17, 15) is 0 Å². The minimum atomic E-state index is 0.118. The van der Waals surface area contributed by atoms with Gasteiger partial charge in [-0.15, -0.1) is 0 Å². The van der Waals surface area contributed by atoms with Crippen molar-refractivity contribution in [1.29, 1.82) is 0 Å². The SMILES string of the molecule is COc1cc(C[C@H](C)N)cc2c1OCCO2. The van der Waals surface area contributed by atoms with Crippen molar-refractivity contribution in [2.45, 2.75) is 19.4 Å². The maximum absolute atomic E-state index is 5.78. The molecular formula is C12H17NO3. The van der Waals surface area contributed by atoms with E-state index >= 15 is 0 Å². The second-order valence-electron chi connectivity index (χ2n) is 4.00. The van der Waals surface area contributed by atoms with Crippen molar-refractivity contribution in [2.24, 2.45) is 5.73 Å². The first-order valence-electron chi connectivity index (χ1n) is 5.43. The van der Waals surface area contributed by atoms with Crippen LogP contribution >= 0.6 is 0 Å². The highest BCUT2D eigenvalue weighted by molar-refractivity contribution is 5.54. The Balaban J connectivity index is 2.35. The summed E-state index contributed by atoms with van der Waals surface area (Å²) in [6, 6.07) is 4.05. The number of ether oxygens (including phenoxy) is 3. The van der Waals surface area contributed by atoms with Gasteiger partial charge in [-0.2, -0.15) is 0 Å². The summed E-state index contributed by atoms with van der Waals surface area (Å²) in [6.07, 6.45) is 0.799. The smallest absolute Gasteiger partial charge is 0.203 e. The molecule has 0 unspecified atom stereocenters. The summed E-state index contributed by atoms with van der Waals surface area (Å²) in [5, 5.41) is 0. The van der Waals surface area contributed by atoms with E-state index in [2.05, 4.69) is 0 Å². The predicted molar refractivity (Wildman–Crippen MR) is 61.3 cm³/mol. The largest absolute Gasteiger partial charge is 0.493 e. The summed E-state index contributed by atoms with van der Waals surface area (Å²) in [7, 11) is 1.63. The highest BCUT2D eigenvalue weighted by Gasteiger charge is 2.18. The molecule has 1 aliphatic heterocycles. The van der Waals surface area contributed by atoms with Crippen LogP contribution in [-0.2, 0) is 6.42 Å². The van der Waals surface area contributed by atoms with E-state index < -0.39 is 0 Å². The van der Waals surface area contributed by atoms with Crippen molar-refractivity contribution < 1.29 is 14.2 Å². The predicted octanol–water partition coefficient (Wildman–Crippen LogP) is 1.36. The van der Waals surface area contributed by atoms with Crippen LogP contribution in [0.2, 0.25) is 0 Å². The van der Waals surface area contributed by atoms with Crippen LogP contribution in [-0.4, -0.2) is 26.4 Å². The number of nitrogens with two attached hydrogens (primary N) is 1. The first kappa shape index (κ1) is 11.1. The zero-order chi connectivity index (χ0) is 11.5. The van der Waals surface area contributed by atoms with E-state index in [4.69, 9.17) is 19.9 Å². The number of hydrogen-bond donors (Lipinski definition) is 1. The molecule has 1 aromatic rings. The lowest BCUT2D eigenvalue weighted by Crippen LogP contribution is -2.19. The first-order valence-corrected chi connectivity index (χ1v) is 5.43. The molecule has 4 nitrogen and oxygen atoms in total. The fourth-order valence-electron chi connectivity index (χ4n) is 1.82. The molecule has 0 bridgehead atoms. The molecule has 0 radical (unpaired) electrons. The average Bonchev–Trinajstić information content (AvgIpc) is 2.27. The van der Waals surface area contributed by atoms with Crippen molar-refractivity contribution in [1.82, 2.24) is 0 Å². The fraction of sp³-hybridized carbons (Fsp3) is 0.500. The van der Waals surface area contributed by atoms with Crippen molar-refractivity contribution in [3.05, 3.63) is 17.7 Å². The highest BCUT2D eigenvalue weighted by Crippen LogP contribution is 2.40. The lowest BCUT2D eigenvalue weighted by Gasteiger charge is -2.21. The summed E-state index contributed by atoms with van der Waals surface area (Å²) in [4.78, 5) is 0. The second-order valence-corrected chi connectivity index (χ2v) is 4.00. The summed E-state index contributed by atoms with van der Waals surface area (Å²) >= 11 is 0. The molecule has 1 heterocycles. The normalized spacial score (nSPS) is 15.7. The molecule has 0 fully saturated rings. The average molecular weight is 223 g/mol. The van der Waals surface area contributed by atoms with Crippen LogP contribution in [0.1, 0.15) is 12.5 Å². The second kappa shape index (κ2) is 4.61. The molecule has 0 saturated heterocycles. The molecule has 0 aromatic heterocycles. The van der Waals surface area contributed by atoms with E-state index in [1.54, 1.807) is 7.11 Å². The first-order chi connectivity index (χ1) is 7.70. The molecule has 1 atom stereocenters. The summed E-state index contributed by atoms with van der Waals surface area (Å²) in [5.41, 5.74) is 6.89. The number of hydrogen-bond acceptors (Lipinski definition) is 4. The summed E-state index contributed by atoms with van der Waals surface area (Å²) < 4.78 is 16.4. The fourth-order valence-corrected chi connectivity index (χ4v) is 1.82. The van der Waals surface area contributed by atoms with Crippen LogP contribution in [0.25, 0.3) is 0 Å².